The predicted octanol–water partition coefficient (Wildman–Crippen LogP) is 1.90. The summed E-state index contributed by atoms with van der Waals surface area (Å²) >= 11 is 0. The fourth-order valence-corrected chi connectivity index (χ4v) is 4.03. The molecule has 1 amide bonds. The van der Waals surface area contributed by atoms with Gasteiger partial charge in [0.2, 0.25) is 0 Å². The molecule has 2 aliphatic rings. The number of likely N-dealkylation sites (tertiary alicyclic amines) is 1. The molecule has 182 valence electrons. The van der Waals surface area contributed by atoms with Crippen LogP contribution in [0.25, 0.3) is 0 Å². The third kappa shape index (κ3) is 6.78. The number of hydrogen-bond donors (Lipinski definition) is 2. The van der Waals surface area contributed by atoms with Crippen LogP contribution in [0.3, 0.4) is 0 Å². The SMILES string of the molecule is Cc1cc(CN2CC[C@@]3(C[C@H](NC(=O)c4cnn(C)c4)CCO3)C2)no1.O=C(O)C(F)(F)F. The summed E-state index contributed by atoms with van der Waals surface area (Å²) in [6, 6.07) is 2.11. The Morgan fingerprint density at radius 2 is 2.12 bits per heavy atom. The zero-order valence-electron chi connectivity index (χ0n) is 18.3. The van der Waals surface area contributed by atoms with Crippen molar-refractivity contribution in [3.05, 3.63) is 35.5 Å². The highest BCUT2D eigenvalue weighted by Gasteiger charge is 2.43. The van der Waals surface area contributed by atoms with Crippen LogP contribution in [-0.4, -0.2) is 74.3 Å². The lowest BCUT2D eigenvalue weighted by Gasteiger charge is -2.38. The average Bonchev–Trinajstić information content (AvgIpc) is 3.43. The molecular weight excluding hydrogens is 447 g/mol. The number of amides is 1. The number of aliphatic carboxylic acids is 1. The van der Waals surface area contributed by atoms with Crippen LogP contribution in [-0.2, 0) is 23.1 Å². The molecule has 4 rings (SSSR count). The lowest BCUT2D eigenvalue weighted by Crippen LogP contribution is -2.49. The van der Waals surface area contributed by atoms with Gasteiger partial charge in [-0.2, -0.15) is 18.3 Å². The third-order valence-electron chi connectivity index (χ3n) is 5.50. The van der Waals surface area contributed by atoms with Crippen molar-refractivity contribution in [2.45, 2.75) is 50.6 Å². The number of alkyl halides is 3. The Hall–Kier alpha value is -2.93. The van der Waals surface area contributed by atoms with Crippen LogP contribution in [0, 0.1) is 6.92 Å². The Bertz CT molecular complexity index is 975. The quantitative estimate of drug-likeness (QED) is 0.691. The molecule has 2 fully saturated rings. The van der Waals surface area contributed by atoms with E-state index in [4.69, 9.17) is 19.2 Å². The minimum absolute atomic E-state index is 0.0620. The molecule has 0 radical (unpaired) electrons. The van der Waals surface area contributed by atoms with Crippen molar-refractivity contribution in [2.24, 2.45) is 7.05 Å². The second-order valence-electron chi connectivity index (χ2n) is 8.29. The molecule has 2 aromatic rings. The Kier molecular flexibility index (Phi) is 7.42. The summed E-state index contributed by atoms with van der Waals surface area (Å²) in [4.78, 5) is 23.6. The molecule has 2 aromatic heterocycles. The molecule has 33 heavy (non-hydrogen) atoms. The lowest BCUT2D eigenvalue weighted by atomic mass is 9.89. The summed E-state index contributed by atoms with van der Waals surface area (Å²) in [5.74, 6) is -1.98. The molecule has 0 aliphatic carbocycles. The lowest BCUT2D eigenvalue weighted by molar-refractivity contribution is -0.192. The first-order valence-corrected chi connectivity index (χ1v) is 10.3. The number of rotatable bonds is 4. The van der Waals surface area contributed by atoms with E-state index in [2.05, 4.69) is 20.5 Å². The van der Waals surface area contributed by atoms with Gasteiger partial charge in [-0.15, -0.1) is 0 Å². The maximum atomic E-state index is 12.4. The van der Waals surface area contributed by atoms with Crippen LogP contribution in [0.4, 0.5) is 13.2 Å². The second kappa shape index (κ2) is 9.91. The highest BCUT2D eigenvalue weighted by molar-refractivity contribution is 5.93. The van der Waals surface area contributed by atoms with E-state index in [-0.39, 0.29) is 17.6 Å². The minimum atomic E-state index is -5.08. The smallest absolute Gasteiger partial charge is 0.475 e. The zero-order valence-corrected chi connectivity index (χ0v) is 18.3. The van der Waals surface area contributed by atoms with E-state index >= 15 is 0 Å². The summed E-state index contributed by atoms with van der Waals surface area (Å²) in [6.45, 7) is 5.18. The molecule has 0 saturated carbocycles. The van der Waals surface area contributed by atoms with Crippen molar-refractivity contribution in [1.29, 1.82) is 0 Å². The number of carboxylic acids is 1. The van der Waals surface area contributed by atoms with Crippen molar-refractivity contribution >= 4 is 11.9 Å². The fraction of sp³-hybridized carbons (Fsp3) is 0.600. The van der Waals surface area contributed by atoms with Crippen molar-refractivity contribution in [3.63, 3.8) is 0 Å². The first kappa shape index (κ1) is 24.7. The van der Waals surface area contributed by atoms with Gasteiger partial charge in [0.1, 0.15) is 5.76 Å². The number of halogens is 3. The number of ether oxygens (including phenoxy) is 1. The average molecular weight is 473 g/mol. The Morgan fingerprint density at radius 3 is 2.70 bits per heavy atom. The molecule has 2 atom stereocenters. The summed E-state index contributed by atoms with van der Waals surface area (Å²) < 4.78 is 44.7. The topological polar surface area (TPSA) is 123 Å². The van der Waals surface area contributed by atoms with Gasteiger partial charge in [0.15, 0.2) is 0 Å². The number of nitrogens with zero attached hydrogens (tertiary/aromatic N) is 4. The maximum Gasteiger partial charge on any atom is 0.490 e. The van der Waals surface area contributed by atoms with Gasteiger partial charge in [0.05, 0.1) is 23.1 Å². The van der Waals surface area contributed by atoms with Crippen LogP contribution in [0.1, 0.15) is 41.1 Å². The number of carbonyl (C=O) groups is 2. The van der Waals surface area contributed by atoms with Gasteiger partial charge < -0.3 is 19.7 Å². The molecule has 2 saturated heterocycles. The van der Waals surface area contributed by atoms with Gasteiger partial charge in [0.25, 0.3) is 5.91 Å². The van der Waals surface area contributed by atoms with Gasteiger partial charge in [0, 0.05) is 51.6 Å². The second-order valence-corrected chi connectivity index (χ2v) is 8.29. The monoisotopic (exact) mass is 473 g/mol. The number of hydrogen-bond acceptors (Lipinski definition) is 7. The van der Waals surface area contributed by atoms with Crippen LogP contribution in [0.2, 0.25) is 0 Å². The van der Waals surface area contributed by atoms with Crippen molar-refractivity contribution in [2.75, 3.05) is 19.7 Å². The van der Waals surface area contributed by atoms with Crippen LogP contribution in [0.15, 0.2) is 23.0 Å². The van der Waals surface area contributed by atoms with Crippen molar-refractivity contribution < 1.29 is 37.1 Å². The van der Waals surface area contributed by atoms with Gasteiger partial charge in [-0.1, -0.05) is 5.16 Å². The van der Waals surface area contributed by atoms with Crippen molar-refractivity contribution in [3.8, 4) is 0 Å². The molecular formula is C20H26F3N5O5. The van der Waals surface area contributed by atoms with Gasteiger partial charge in [-0.05, 0) is 26.2 Å². The first-order valence-electron chi connectivity index (χ1n) is 10.3. The number of aromatic nitrogens is 3. The summed E-state index contributed by atoms with van der Waals surface area (Å²) in [5.41, 5.74) is 1.38. The van der Waals surface area contributed by atoms with E-state index in [0.29, 0.717) is 12.2 Å². The normalized spacial score (nSPS) is 23.2. The summed E-state index contributed by atoms with van der Waals surface area (Å²) in [6.07, 6.45) is 0.913. The molecule has 0 bridgehead atoms. The Balaban J connectivity index is 0.000000383. The molecule has 2 N–H and O–H groups in total. The molecule has 2 aliphatic heterocycles. The molecule has 0 unspecified atom stereocenters. The third-order valence-corrected chi connectivity index (χ3v) is 5.50. The highest BCUT2D eigenvalue weighted by Crippen LogP contribution is 2.35. The zero-order chi connectivity index (χ0) is 24.2. The fourth-order valence-electron chi connectivity index (χ4n) is 4.03. The van der Waals surface area contributed by atoms with Gasteiger partial charge in [-0.3, -0.25) is 14.4 Å². The number of aryl methyl sites for hydroxylation is 2. The predicted molar refractivity (Wildman–Crippen MR) is 107 cm³/mol. The van der Waals surface area contributed by atoms with Crippen LogP contribution in [0.5, 0.6) is 0 Å². The first-order chi connectivity index (χ1) is 15.5. The molecule has 10 nitrogen and oxygen atoms in total. The summed E-state index contributed by atoms with van der Waals surface area (Å²) in [5, 5.41) is 18.4. The molecule has 13 heteroatoms. The van der Waals surface area contributed by atoms with Crippen LogP contribution >= 0.6 is 0 Å². The molecule has 1 spiro atoms. The minimum Gasteiger partial charge on any atom is -0.475 e. The number of nitrogens with one attached hydrogen (secondary N) is 1. The standard InChI is InChI=1S/C18H25N5O3.C2HF3O2/c1-13-7-16(21-26-13)11-23-5-4-18(12-23)8-15(3-6-25-18)20-17(24)14-9-19-22(2)10-14;3-2(4,5)1(6)7/h7,9-10,15H,3-6,8,11-12H2,1-2H3,(H,20,24);(H,6,7)/t15-,18-;/m1./s1. The Labute approximate surface area is 187 Å². The van der Waals surface area contributed by atoms with E-state index in [1.54, 1.807) is 17.1 Å². The molecule has 4 heterocycles. The van der Waals surface area contributed by atoms with E-state index < -0.39 is 12.1 Å². The van der Waals surface area contributed by atoms with E-state index in [1.807, 2.05) is 20.0 Å². The largest absolute Gasteiger partial charge is 0.490 e. The van der Waals surface area contributed by atoms with Crippen LogP contribution < -0.4 is 5.32 Å². The maximum absolute atomic E-state index is 12.4. The molecule has 0 aromatic carbocycles. The summed E-state index contributed by atoms with van der Waals surface area (Å²) in [7, 11) is 1.81. The van der Waals surface area contributed by atoms with Gasteiger partial charge in [-0.25, -0.2) is 4.79 Å². The Morgan fingerprint density at radius 1 is 1.39 bits per heavy atom. The van der Waals surface area contributed by atoms with Crippen molar-refractivity contribution in [1.82, 2.24) is 25.2 Å². The van der Waals surface area contributed by atoms with E-state index in [9.17, 15) is 18.0 Å². The van der Waals surface area contributed by atoms with Gasteiger partial charge >= 0.3 is 12.1 Å². The highest BCUT2D eigenvalue weighted by atomic mass is 19.4. The van der Waals surface area contributed by atoms with E-state index in [0.717, 1.165) is 50.4 Å². The van der Waals surface area contributed by atoms with E-state index in [1.165, 1.54) is 0 Å². The number of carbonyl (C=O) groups excluding carboxylic acids is 1. The number of carboxylic acid groups (broad SMARTS) is 1.